The summed E-state index contributed by atoms with van der Waals surface area (Å²) in [4.78, 5) is 28.1. The van der Waals surface area contributed by atoms with E-state index in [0.29, 0.717) is 24.8 Å². The Labute approximate surface area is 172 Å². The number of ether oxygens (including phenoxy) is 1. The maximum Gasteiger partial charge on any atom is 0.490 e. The van der Waals surface area contributed by atoms with E-state index in [1.807, 2.05) is 30.0 Å². The molecule has 30 heavy (non-hydrogen) atoms. The molecule has 2 aromatic rings. The minimum Gasteiger partial charge on any atom is -0.475 e. The van der Waals surface area contributed by atoms with Crippen LogP contribution in [0.25, 0.3) is 0 Å². The molecule has 0 fully saturated rings. The highest BCUT2D eigenvalue weighted by molar-refractivity contribution is 5.92. The number of alkyl halides is 3. The van der Waals surface area contributed by atoms with E-state index in [0.717, 1.165) is 25.2 Å². The van der Waals surface area contributed by atoms with Gasteiger partial charge in [0.15, 0.2) is 0 Å². The van der Waals surface area contributed by atoms with Gasteiger partial charge >= 0.3 is 12.1 Å². The number of rotatable bonds is 4. The highest BCUT2D eigenvalue weighted by Crippen LogP contribution is 2.21. The Kier molecular flexibility index (Phi) is 7.99. The highest BCUT2D eigenvalue weighted by Gasteiger charge is 2.38. The van der Waals surface area contributed by atoms with Crippen LogP contribution in [0.2, 0.25) is 0 Å². The van der Waals surface area contributed by atoms with E-state index in [9.17, 15) is 18.0 Å². The van der Waals surface area contributed by atoms with Gasteiger partial charge in [0.25, 0.3) is 5.91 Å². The molecule has 0 saturated carbocycles. The van der Waals surface area contributed by atoms with Crippen molar-refractivity contribution in [3.63, 3.8) is 0 Å². The minimum atomic E-state index is -5.08. The smallest absolute Gasteiger partial charge is 0.475 e. The molecule has 7 nitrogen and oxygen atoms in total. The number of hydrogen-bond donors (Lipinski definition) is 1. The first-order valence-corrected chi connectivity index (χ1v) is 9.27. The third kappa shape index (κ3) is 6.58. The number of carbonyl (C=O) groups excluding carboxylic acids is 1. The van der Waals surface area contributed by atoms with Crippen molar-refractivity contribution in [2.24, 2.45) is 5.92 Å². The number of amides is 1. The Balaban J connectivity index is 0.000000396. The van der Waals surface area contributed by atoms with Crippen molar-refractivity contribution in [1.29, 1.82) is 0 Å². The van der Waals surface area contributed by atoms with Gasteiger partial charge in [-0.15, -0.1) is 0 Å². The lowest BCUT2D eigenvalue weighted by atomic mass is 10.1. The quantitative estimate of drug-likeness (QED) is 0.811. The zero-order valence-corrected chi connectivity index (χ0v) is 16.7. The predicted molar refractivity (Wildman–Crippen MR) is 102 cm³/mol. The van der Waals surface area contributed by atoms with Crippen LogP contribution in [0, 0.1) is 12.8 Å². The standard InChI is InChI=1S/C18H23N3O2.C2HF3O2/c1-14-5-3-7-17(19-14)18(22)21-12-15(8-10-23-2)11-20-9-4-6-16(20)13-21;3-2(4,5)1(6)7/h3-7,9,15H,8,10-13H2,1-2H3;(H,6,7). The van der Waals surface area contributed by atoms with Crippen LogP contribution in [-0.4, -0.2) is 57.9 Å². The second-order valence-corrected chi connectivity index (χ2v) is 6.95. The predicted octanol–water partition coefficient (Wildman–Crippen LogP) is 3.13. The summed E-state index contributed by atoms with van der Waals surface area (Å²) < 4.78 is 39.2. The zero-order valence-electron chi connectivity index (χ0n) is 16.7. The van der Waals surface area contributed by atoms with Gasteiger partial charge in [0.2, 0.25) is 0 Å². The van der Waals surface area contributed by atoms with Crippen molar-refractivity contribution < 1.29 is 32.6 Å². The van der Waals surface area contributed by atoms with Gasteiger partial charge in [0.1, 0.15) is 5.69 Å². The van der Waals surface area contributed by atoms with Crippen molar-refractivity contribution in [2.45, 2.75) is 32.6 Å². The molecule has 1 aliphatic heterocycles. The molecule has 0 spiro atoms. The van der Waals surface area contributed by atoms with Gasteiger partial charge in [-0.2, -0.15) is 13.2 Å². The number of aromatic nitrogens is 2. The Morgan fingerprint density at radius 2 is 1.93 bits per heavy atom. The lowest BCUT2D eigenvalue weighted by molar-refractivity contribution is -0.192. The first-order valence-electron chi connectivity index (χ1n) is 9.27. The molecular weight excluding hydrogens is 403 g/mol. The summed E-state index contributed by atoms with van der Waals surface area (Å²) in [5.74, 6) is -2.37. The SMILES string of the molecule is COCCC1CN(C(=O)c2cccc(C)n2)Cc2cccn2C1.O=C(O)C(F)(F)F. The largest absolute Gasteiger partial charge is 0.490 e. The number of methoxy groups -OCH3 is 1. The third-order valence-corrected chi connectivity index (χ3v) is 4.58. The van der Waals surface area contributed by atoms with Crippen molar-refractivity contribution in [1.82, 2.24) is 14.5 Å². The molecular formula is C20H24F3N3O4. The summed E-state index contributed by atoms with van der Waals surface area (Å²) in [5, 5.41) is 7.12. The fraction of sp³-hybridized carbons (Fsp3) is 0.450. The van der Waals surface area contributed by atoms with Crippen LogP contribution in [0.15, 0.2) is 36.5 Å². The first kappa shape index (κ1) is 23.4. The topological polar surface area (TPSA) is 84.7 Å². The highest BCUT2D eigenvalue weighted by atomic mass is 19.4. The van der Waals surface area contributed by atoms with E-state index in [-0.39, 0.29) is 5.91 Å². The second-order valence-electron chi connectivity index (χ2n) is 6.95. The van der Waals surface area contributed by atoms with Crippen LogP contribution in [0.1, 0.15) is 28.3 Å². The fourth-order valence-electron chi connectivity index (χ4n) is 3.12. The molecule has 1 amide bonds. The Hall–Kier alpha value is -2.88. The molecule has 2 aromatic heterocycles. The molecule has 3 heterocycles. The summed E-state index contributed by atoms with van der Waals surface area (Å²) in [6.07, 6.45) is -2.05. The lowest BCUT2D eigenvalue weighted by Gasteiger charge is -2.24. The Morgan fingerprint density at radius 3 is 2.53 bits per heavy atom. The van der Waals surface area contributed by atoms with Gasteiger partial charge in [0.05, 0.1) is 6.54 Å². The van der Waals surface area contributed by atoms with E-state index in [4.69, 9.17) is 14.6 Å². The van der Waals surface area contributed by atoms with Crippen molar-refractivity contribution in [3.05, 3.63) is 53.6 Å². The second kappa shape index (κ2) is 10.2. The molecule has 1 atom stereocenters. The summed E-state index contributed by atoms with van der Waals surface area (Å²) in [6, 6.07) is 9.72. The number of carbonyl (C=O) groups is 2. The molecule has 1 N–H and O–H groups in total. The molecule has 1 aliphatic rings. The molecule has 0 radical (unpaired) electrons. The van der Waals surface area contributed by atoms with Crippen LogP contribution in [0.5, 0.6) is 0 Å². The van der Waals surface area contributed by atoms with Gasteiger partial charge < -0.3 is 19.3 Å². The van der Waals surface area contributed by atoms with Crippen LogP contribution in [-0.2, 0) is 22.6 Å². The average molecular weight is 427 g/mol. The molecule has 0 bridgehead atoms. The number of carboxylic acid groups (broad SMARTS) is 1. The molecule has 1 unspecified atom stereocenters. The van der Waals surface area contributed by atoms with Crippen LogP contribution in [0.4, 0.5) is 13.2 Å². The molecule has 10 heteroatoms. The monoisotopic (exact) mass is 427 g/mol. The Morgan fingerprint density at radius 1 is 1.23 bits per heavy atom. The van der Waals surface area contributed by atoms with Gasteiger partial charge in [-0.1, -0.05) is 6.07 Å². The maximum atomic E-state index is 12.9. The zero-order chi connectivity index (χ0) is 22.3. The fourth-order valence-corrected chi connectivity index (χ4v) is 3.12. The van der Waals surface area contributed by atoms with E-state index in [2.05, 4.69) is 21.8 Å². The normalized spacial score (nSPS) is 16.2. The molecule has 0 saturated heterocycles. The Bertz CT molecular complexity index is 867. The minimum absolute atomic E-state index is 0.00534. The van der Waals surface area contributed by atoms with Gasteiger partial charge in [0, 0.05) is 44.4 Å². The summed E-state index contributed by atoms with van der Waals surface area (Å²) >= 11 is 0. The van der Waals surface area contributed by atoms with Crippen LogP contribution >= 0.6 is 0 Å². The molecule has 0 aromatic carbocycles. The number of halogens is 3. The lowest BCUT2D eigenvalue weighted by Crippen LogP contribution is -2.34. The third-order valence-electron chi connectivity index (χ3n) is 4.58. The maximum absolute atomic E-state index is 12.9. The average Bonchev–Trinajstić information content (AvgIpc) is 3.03. The summed E-state index contributed by atoms with van der Waals surface area (Å²) in [7, 11) is 1.72. The van der Waals surface area contributed by atoms with Gasteiger partial charge in [-0.3, -0.25) is 4.79 Å². The van der Waals surface area contributed by atoms with Crippen molar-refractivity contribution >= 4 is 11.9 Å². The number of pyridine rings is 1. The number of hydrogen-bond acceptors (Lipinski definition) is 4. The molecule has 164 valence electrons. The van der Waals surface area contributed by atoms with E-state index < -0.39 is 12.1 Å². The number of fused-ring (bicyclic) bond motifs is 1. The van der Waals surface area contributed by atoms with Gasteiger partial charge in [-0.05, 0) is 43.5 Å². The summed E-state index contributed by atoms with van der Waals surface area (Å²) in [5.41, 5.74) is 2.56. The van der Waals surface area contributed by atoms with E-state index in [1.165, 1.54) is 5.69 Å². The number of nitrogens with zero attached hydrogens (tertiary/aromatic N) is 3. The number of aliphatic carboxylic acids is 1. The number of aryl methyl sites for hydroxylation is 1. The van der Waals surface area contributed by atoms with E-state index >= 15 is 0 Å². The molecule has 3 rings (SSSR count). The molecule has 0 aliphatic carbocycles. The van der Waals surface area contributed by atoms with Crippen LogP contribution < -0.4 is 0 Å². The summed E-state index contributed by atoms with van der Waals surface area (Å²) in [6.45, 7) is 4.92. The van der Waals surface area contributed by atoms with Gasteiger partial charge in [-0.25, -0.2) is 9.78 Å². The van der Waals surface area contributed by atoms with Crippen molar-refractivity contribution in [3.8, 4) is 0 Å². The van der Waals surface area contributed by atoms with E-state index in [1.54, 1.807) is 13.2 Å². The first-order chi connectivity index (χ1) is 14.1. The van der Waals surface area contributed by atoms with Crippen molar-refractivity contribution in [2.75, 3.05) is 20.3 Å². The van der Waals surface area contributed by atoms with Crippen LogP contribution in [0.3, 0.4) is 0 Å². The number of carboxylic acids is 1.